The van der Waals surface area contributed by atoms with E-state index >= 15 is 0 Å². The highest BCUT2D eigenvalue weighted by Crippen LogP contribution is 2.25. The molecule has 1 fully saturated rings. The van der Waals surface area contributed by atoms with E-state index in [2.05, 4.69) is 10.2 Å². The molecular formula is C24H26N2O3. The van der Waals surface area contributed by atoms with E-state index in [-0.39, 0.29) is 11.9 Å². The van der Waals surface area contributed by atoms with Gasteiger partial charge in [0.2, 0.25) is 0 Å². The summed E-state index contributed by atoms with van der Waals surface area (Å²) in [5, 5.41) is 3.07. The fraction of sp³-hybridized carbons (Fsp3) is 0.292. The molecule has 1 aromatic heterocycles. The summed E-state index contributed by atoms with van der Waals surface area (Å²) >= 11 is 0. The van der Waals surface area contributed by atoms with Gasteiger partial charge in [0.1, 0.15) is 18.1 Å². The first-order valence-corrected chi connectivity index (χ1v) is 10.1. The van der Waals surface area contributed by atoms with Crippen molar-refractivity contribution >= 4 is 5.91 Å². The van der Waals surface area contributed by atoms with Crippen LogP contribution < -0.4 is 10.1 Å². The van der Waals surface area contributed by atoms with Gasteiger partial charge in [0.25, 0.3) is 5.91 Å². The molecular weight excluding hydrogens is 364 g/mol. The lowest BCUT2D eigenvalue weighted by atomic mass is 10.1. The van der Waals surface area contributed by atoms with E-state index in [1.807, 2.05) is 66.7 Å². The van der Waals surface area contributed by atoms with E-state index in [0.717, 1.165) is 30.2 Å². The average molecular weight is 390 g/mol. The Morgan fingerprint density at radius 1 is 1.00 bits per heavy atom. The lowest BCUT2D eigenvalue weighted by molar-refractivity contribution is 0.0933. The van der Waals surface area contributed by atoms with Crippen LogP contribution in [0.2, 0.25) is 0 Å². The van der Waals surface area contributed by atoms with Gasteiger partial charge in [-0.2, -0.15) is 0 Å². The van der Waals surface area contributed by atoms with Gasteiger partial charge in [0.05, 0.1) is 12.3 Å². The molecule has 1 amide bonds. The number of likely N-dealkylation sites (tertiary alicyclic amines) is 1. The maximum atomic E-state index is 12.6. The Balaban J connectivity index is 1.33. The van der Waals surface area contributed by atoms with Crippen molar-refractivity contribution in [1.82, 2.24) is 10.2 Å². The highest BCUT2D eigenvalue weighted by molar-refractivity contribution is 5.94. The van der Waals surface area contributed by atoms with Crippen molar-refractivity contribution in [2.75, 3.05) is 19.6 Å². The number of ether oxygens (including phenoxy) is 1. The minimum atomic E-state index is -0.0729. The molecule has 0 bridgehead atoms. The SMILES string of the molecule is O=C(NCC(c1ccco1)N1CCCC1)c1ccc(COc2ccccc2)cc1. The van der Waals surface area contributed by atoms with Crippen molar-refractivity contribution in [3.8, 4) is 5.75 Å². The number of nitrogens with zero attached hydrogens (tertiary/aromatic N) is 1. The maximum absolute atomic E-state index is 12.6. The predicted octanol–water partition coefficient (Wildman–Crippen LogP) is 4.43. The van der Waals surface area contributed by atoms with Crippen molar-refractivity contribution < 1.29 is 13.9 Å². The summed E-state index contributed by atoms with van der Waals surface area (Å²) in [4.78, 5) is 15.0. The molecule has 1 unspecified atom stereocenters. The second-order valence-corrected chi connectivity index (χ2v) is 7.28. The molecule has 0 aliphatic carbocycles. The zero-order valence-corrected chi connectivity index (χ0v) is 16.4. The number of amides is 1. The number of nitrogens with one attached hydrogen (secondary N) is 1. The number of carbonyl (C=O) groups excluding carboxylic acids is 1. The summed E-state index contributed by atoms with van der Waals surface area (Å²) in [6.07, 6.45) is 4.08. The van der Waals surface area contributed by atoms with Crippen molar-refractivity contribution in [3.05, 3.63) is 89.9 Å². The van der Waals surface area contributed by atoms with Gasteiger partial charge in [-0.25, -0.2) is 0 Å². The van der Waals surface area contributed by atoms with Gasteiger partial charge >= 0.3 is 0 Å². The van der Waals surface area contributed by atoms with Gasteiger partial charge in [-0.1, -0.05) is 30.3 Å². The molecule has 0 saturated carbocycles. The number of benzene rings is 2. The first-order chi connectivity index (χ1) is 14.3. The Kier molecular flexibility index (Phi) is 6.27. The molecule has 5 heteroatoms. The van der Waals surface area contributed by atoms with Crippen LogP contribution in [0.25, 0.3) is 0 Å². The van der Waals surface area contributed by atoms with Crippen molar-refractivity contribution in [3.63, 3.8) is 0 Å². The second-order valence-electron chi connectivity index (χ2n) is 7.28. The Morgan fingerprint density at radius 2 is 1.76 bits per heavy atom. The summed E-state index contributed by atoms with van der Waals surface area (Å²) in [6, 6.07) is 21.2. The molecule has 0 radical (unpaired) electrons. The van der Waals surface area contributed by atoms with Gasteiger partial charge in [0.15, 0.2) is 0 Å². The lowest BCUT2D eigenvalue weighted by Crippen LogP contribution is -2.36. The molecule has 2 heterocycles. The summed E-state index contributed by atoms with van der Waals surface area (Å²) in [5.41, 5.74) is 1.67. The monoisotopic (exact) mass is 390 g/mol. The number of carbonyl (C=O) groups is 1. The average Bonchev–Trinajstić information content (AvgIpc) is 3.48. The van der Waals surface area contributed by atoms with E-state index in [1.165, 1.54) is 12.8 Å². The van der Waals surface area contributed by atoms with Crippen LogP contribution in [0.15, 0.2) is 77.4 Å². The molecule has 29 heavy (non-hydrogen) atoms. The van der Waals surface area contributed by atoms with Crippen molar-refractivity contribution in [1.29, 1.82) is 0 Å². The van der Waals surface area contributed by atoms with Gasteiger partial charge in [0, 0.05) is 12.1 Å². The minimum absolute atomic E-state index is 0.0729. The van der Waals surface area contributed by atoms with Gasteiger partial charge in [-0.3, -0.25) is 9.69 Å². The van der Waals surface area contributed by atoms with Crippen LogP contribution in [-0.2, 0) is 6.61 Å². The van der Waals surface area contributed by atoms with E-state index in [4.69, 9.17) is 9.15 Å². The molecule has 1 aliphatic heterocycles. The molecule has 5 nitrogen and oxygen atoms in total. The van der Waals surface area contributed by atoms with Crippen LogP contribution in [-0.4, -0.2) is 30.4 Å². The molecule has 1 saturated heterocycles. The van der Waals surface area contributed by atoms with Crippen LogP contribution >= 0.6 is 0 Å². The van der Waals surface area contributed by atoms with E-state index in [1.54, 1.807) is 6.26 Å². The summed E-state index contributed by atoms with van der Waals surface area (Å²) in [6.45, 7) is 3.08. The van der Waals surface area contributed by atoms with E-state index < -0.39 is 0 Å². The van der Waals surface area contributed by atoms with Gasteiger partial charge < -0.3 is 14.5 Å². The first-order valence-electron chi connectivity index (χ1n) is 10.1. The zero-order valence-electron chi connectivity index (χ0n) is 16.4. The Morgan fingerprint density at radius 3 is 2.45 bits per heavy atom. The molecule has 1 atom stereocenters. The molecule has 0 spiro atoms. The molecule has 150 valence electrons. The van der Waals surface area contributed by atoms with E-state index in [9.17, 15) is 4.79 Å². The number of hydrogen-bond acceptors (Lipinski definition) is 4. The van der Waals surface area contributed by atoms with Gasteiger partial charge in [-0.05, 0) is 67.9 Å². The van der Waals surface area contributed by atoms with Crippen LogP contribution in [0.1, 0.15) is 40.6 Å². The number of para-hydroxylation sites is 1. The topological polar surface area (TPSA) is 54.7 Å². The zero-order chi connectivity index (χ0) is 19.9. The molecule has 1 aliphatic rings. The van der Waals surface area contributed by atoms with Crippen LogP contribution in [0.5, 0.6) is 5.75 Å². The fourth-order valence-corrected chi connectivity index (χ4v) is 3.67. The lowest BCUT2D eigenvalue weighted by Gasteiger charge is -2.26. The highest BCUT2D eigenvalue weighted by atomic mass is 16.5. The Bertz CT molecular complexity index is 886. The van der Waals surface area contributed by atoms with E-state index in [0.29, 0.717) is 18.7 Å². The van der Waals surface area contributed by atoms with Crippen LogP contribution in [0.3, 0.4) is 0 Å². The minimum Gasteiger partial charge on any atom is -0.489 e. The smallest absolute Gasteiger partial charge is 0.251 e. The Hall–Kier alpha value is -3.05. The third kappa shape index (κ3) is 5.06. The predicted molar refractivity (Wildman–Crippen MR) is 112 cm³/mol. The Labute approximate surface area is 171 Å². The molecule has 3 aromatic rings. The summed E-state index contributed by atoms with van der Waals surface area (Å²) in [5.74, 6) is 1.66. The van der Waals surface area contributed by atoms with Crippen molar-refractivity contribution in [2.45, 2.75) is 25.5 Å². The number of hydrogen-bond donors (Lipinski definition) is 1. The highest BCUT2D eigenvalue weighted by Gasteiger charge is 2.26. The maximum Gasteiger partial charge on any atom is 0.251 e. The van der Waals surface area contributed by atoms with Gasteiger partial charge in [-0.15, -0.1) is 0 Å². The summed E-state index contributed by atoms with van der Waals surface area (Å²) in [7, 11) is 0. The van der Waals surface area contributed by atoms with Crippen LogP contribution in [0, 0.1) is 0 Å². The quantitative estimate of drug-likeness (QED) is 0.618. The fourth-order valence-electron chi connectivity index (χ4n) is 3.67. The number of rotatable bonds is 8. The largest absolute Gasteiger partial charge is 0.489 e. The molecule has 1 N–H and O–H groups in total. The third-order valence-corrected chi connectivity index (χ3v) is 5.27. The molecule has 2 aromatic carbocycles. The summed E-state index contributed by atoms with van der Waals surface area (Å²) < 4.78 is 11.4. The first kappa shape index (κ1) is 19.3. The van der Waals surface area contributed by atoms with Crippen molar-refractivity contribution in [2.24, 2.45) is 0 Å². The molecule has 4 rings (SSSR count). The number of furan rings is 1. The van der Waals surface area contributed by atoms with Crippen LogP contribution in [0.4, 0.5) is 0 Å². The third-order valence-electron chi connectivity index (χ3n) is 5.27. The standard InChI is InChI=1S/C24H26N2O3/c27-24(25-17-22(23-9-6-16-28-23)26-14-4-5-15-26)20-12-10-19(11-13-20)18-29-21-7-2-1-3-8-21/h1-3,6-13,16,22H,4-5,14-15,17-18H2,(H,25,27). The second kappa shape index (κ2) is 9.43. The normalized spacial score (nSPS) is 15.2.